The SMILES string of the molecule is C=C(C)C(=O)Sc1c(C(=O)O)ccc(C)c1C(=O)O. The molecule has 0 radical (unpaired) electrons. The summed E-state index contributed by atoms with van der Waals surface area (Å²) in [7, 11) is 0. The quantitative estimate of drug-likeness (QED) is 0.650. The number of carboxylic acids is 2. The first kappa shape index (κ1) is 15.0. The molecule has 0 spiro atoms. The molecule has 0 amide bonds. The second kappa shape index (κ2) is 5.71. The van der Waals surface area contributed by atoms with Crippen LogP contribution in [0, 0.1) is 6.92 Å². The van der Waals surface area contributed by atoms with Gasteiger partial charge in [-0.1, -0.05) is 12.6 Å². The fraction of sp³-hybridized carbons (Fsp3) is 0.154. The minimum absolute atomic E-state index is 0.0620. The fourth-order valence-corrected chi connectivity index (χ4v) is 2.38. The Hall–Kier alpha value is -2.08. The molecule has 0 saturated heterocycles. The van der Waals surface area contributed by atoms with Crippen molar-refractivity contribution < 1.29 is 24.6 Å². The van der Waals surface area contributed by atoms with E-state index in [1.165, 1.54) is 19.1 Å². The molecule has 1 aromatic rings. The zero-order chi connectivity index (χ0) is 14.7. The summed E-state index contributed by atoms with van der Waals surface area (Å²) >= 11 is 0.576. The molecule has 0 fully saturated rings. The maximum absolute atomic E-state index is 11.7. The van der Waals surface area contributed by atoms with Gasteiger partial charge in [-0.15, -0.1) is 0 Å². The van der Waals surface area contributed by atoms with Crippen LogP contribution in [0.2, 0.25) is 0 Å². The number of hydrogen-bond donors (Lipinski definition) is 2. The van der Waals surface area contributed by atoms with E-state index in [1.807, 2.05) is 0 Å². The van der Waals surface area contributed by atoms with Gasteiger partial charge >= 0.3 is 11.9 Å². The van der Waals surface area contributed by atoms with Crippen LogP contribution in [0.15, 0.2) is 29.2 Å². The summed E-state index contributed by atoms with van der Waals surface area (Å²) in [4.78, 5) is 33.9. The Morgan fingerprint density at radius 1 is 1.16 bits per heavy atom. The molecule has 0 aliphatic heterocycles. The van der Waals surface area contributed by atoms with E-state index in [9.17, 15) is 14.4 Å². The molecule has 5 nitrogen and oxygen atoms in total. The molecule has 1 rings (SSSR count). The van der Waals surface area contributed by atoms with E-state index in [0.717, 1.165) is 0 Å². The third-order valence-electron chi connectivity index (χ3n) is 2.35. The van der Waals surface area contributed by atoms with Crippen molar-refractivity contribution in [3.8, 4) is 0 Å². The van der Waals surface area contributed by atoms with E-state index in [0.29, 0.717) is 17.3 Å². The predicted octanol–water partition coefficient (Wildman–Crippen LogP) is 2.59. The first-order valence-electron chi connectivity index (χ1n) is 5.23. The van der Waals surface area contributed by atoms with Crippen LogP contribution >= 0.6 is 11.8 Å². The Labute approximate surface area is 113 Å². The molecule has 100 valence electrons. The maximum atomic E-state index is 11.7. The lowest BCUT2D eigenvalue weighted by Gasteiger charge is -2.11. The lowest BCUT2D eigenvalue weighted by atomic mass is 10.0. The second-order valence-electron chi connectivity index (χ2n) is 3.91. The van der Waals surface area contributed by atoms with Gasteiger partial charge in [-0.05, 0) is 42.8 Å². The molecule has 0 atom stereocenters. The van der Waals surface area contributed by atoms with Crippen LogP contribution in [0.3, 0.4) is 0 Å². The summed E-state index contributed by atoms with van der Waals surface area (Å²) < 4.78 is 0. The highest BCUT2D eigenvalue weighted by molar-refractivity contribution is 8.14. The molecule has 1 aromatic carbocycles. The zero-order valence-electron chi connectivity index (χ0n) is 10.4. The second-order valence-corrected chi connectivity index (χ2v) is 4.90. The molecule has 2 N–H and O–H groups in total. The smallest absolute Gasteiger partial charge is 0.337 e. The number of rotatable bonds is 4. The molecule has 0 heterocycles. The van der Waals surface area contributed by atoms with Gasteiger partial charge in [0.15, 0.2) is 0 Å². The Morgan fingerprint density at radius 2 is 1.74 bits per heavy atom. The van der Waals surface area contributed by atoms with Crippen LogP contribution in [0.1, 0.15) is 33.2 Å². The van der Waals surface area contributed by atoms with E-state index in [2.05, 4.69) is 6.58 Å². The number of thioether (sulfide) groups is 1. The normalized spacial score (nSPS) is 10.0. The van der Waals surface area contributed by atoms with E-state index in [4.69, 9.17) is 10.2 Å². The number of benzene rings is 1. The molecule has 0 aliphatic carbocycles. The van der Waals surface area contributed by atoms with Crippen molar-refractivity contribution in [2.75, 3.05) is 0 Å². The molecule has 0 aromatic heterocycles. The van der Waals surface area contributed by atoms with Gasteiger partial charge in [0.25, 0.3) is 0 Å². The average molecular weight is 280 g/mol. The molecular weight excluding hydrogens is 268 g/mol. The van der Waals surface area contributed by atoms with Crippen LogP contribution in [0.4, 0.5) is 0 Å². The van der Waals surface area contributed by atoms with Gasteiger partial charge in [0.1, 0.15) is 0 Å². The molecule has 6 heteroatoms. The monoisotopic (exact) mass is 280 g/mol. The minimum Gasteiger partial charge on any atom is -0.478 e. The number of carboxylic acid groups (broad SMARTS) is 2. The summed E-state index contributed by atoms with van der Waals surface area (Å²) in [6, 6.07) is 2.69. The molecule has 0 saturated carbocycles. The summed E-state index contributed by atoms with van der Waals surface area (Å²) in [5, 5.41) is 17.8. The van der Waals surface area contributed by atoms with Crippen molar-refractivity contribution in [2.24, 2.45) is 0 Å². The average Bonchev–Trinajstić information content (AvgIpc) is 2.27. The van der Waals surface area contributed by atoms with E-state index in [1.54, 1.807) is 6.92 Å². The molecule has 0 aliphatic rings. The first-order valence-corrected chi connectivity index (χ1v) is 6.05. The maximum Gasteiger partial charge on any atom is 0.337 e. The van der Waals surface area contributed by atoms with Crippen LogP contribution < -0.4 is 0 Å². The van der Waals surface area contributed by atoms with Crippen LogP contribution in [0.5, 0.6) is 0 Å². The third kappa shape index (κ3) is 3.23. The summed E-state index contributed by atoms with van der Waals surface area (Å²) in [5.74, 6) is -2.54. The lowest BCUT2D eigenvalue weighted by Crippen LogP contribution is -2.10. The number of hydrogen-bond acceptors (Lipinski definition) is 4. The van der Waals surface area contributed by atoms with Crippen molar-refractivity contribution in [2.45, 2.75) is 18.7 Å². The number of aromatic carboxylic acids is 2. The van der Waals surface area contributed by atoms with Crippen molar-refractivity contribution >= 4 is 28.8 Å². The van der Waals surface area contributed by atoms with Crippen LogP contribution in [-0.4, -0.2) is 27.3 Å². The molecule has 19 heavy (non-hydrogen) atoms. The lowest BCUT2D eigenvalue weighted by molar-refractivity contribution is -0.107. The fourth-order valence-electron chi connectivity index (χ4n) is 1.40. The van der Waals surface area contributed by atoms with Crippen molar-refractivity contribution in [1.29, 1.82) is 0 Å². The predicted molar refractivity (Wildman–Crippen MR) is 70.8 cm³/mol. The van der Waals surface area contributed by atoms with Crippen molar-refractivity contribution in [1.82, 2.24) is 0 Å². The van der Waals surface area contributed by atoms with Gasteiger partial charge in [-0.2, -0.15) is 0 Å². The van der Waals surface area contributed by atoms with Crippen LogP contribution in [0.25, 0.3) is 0 Å². The van der Waals surface area contributed by atoms with E-state index < -0.39 is 17.1 Å². The van der Waals surface area contributed by atoms with Gasteiger partial charge in [0.2, 0.25) is 5.12 Å². The van der Waals surface area contributed by atoms with E-state index in [-0.39, 0.29) is 21.6 Å². The summed E-state index contributed by atoms with van der Waals surface area (Å²) in [6.45, 7) is 6.48. The standard InChI is InChI=1S/C13H12O5S/c1-6(2)13(18)19-10-8(11(14)15)5-4-7(3)9(10)12(16)17/h4-5H,1H2,2-3H3,(H,14,15)(H,16,17). The highest BCUT2D eigenvalue weighted by Crippen LogP contribution is 2.31. The number of carbonyl (C=O) groups is 3. The van der Waals surface area contributed by atoms with Crippen molar-refractivity contribution in [3.05, 3.63) is 41.0 Å². The van der Waals surface area contributed by atoms with Gasteiger partial charge in [-0.3, -0.25) is 4.79 Å². The molecular formula is C13H12O5S. The number of carbonyl (C=O) groups excluding carboxylic acids is 1. The van der Waals surface area contributed by atoms with Crippen LogP contribution in [-0.2, 0) is 4.79 Å². The summed E-state index contributed by atoms with van der Waals surface area (Å²) in [6.07, 6.45) is 0. The zero-order valence-corrected chi connectivity index (χ0v) is 11.2. The third-order valence-corrected chi connectivity index (χ3v) is 3.52. The minimum atomic E-state index is -1.28. The highest BCUT2D eigenvalue weighted by Gasteiger charge is 2.23. The largest absolute Gasteiger partial charge is 0.478 e. The topological polar surface area (TPSA) is 91.7 Å². The number of aryl methyl sites for hydroxylation is 1. The first-order chi connectivity index (χ1) is 8.75. The van der Waals surface area contributed by atoms with Gasteiger partial charge in [0, 0.05) is 4.90 Å². The highest BCUT2D eigenvalue weighted by atomic mass is 32.2. The molecule has 0 bridgehead atoms. The Balaban J connectivity index is 3.50. The summed E-state index contributed by atoms with van der Waals surface area (Å²) in [5.41, 5.74) is 0.246. The van der Waals surface area contributed by atoms with Gasteiger partial charge < -0.3 is 10.2 Å². The Kier molecular flexibility index (Phi) is 4.50. The van der Waals surface area contributed by atoms with Gasteiger partial charge in [-0.25, -0.2) is 9.59 Å². The Bertz CT molecular complexity index is 589. The van der Waals surface area contributed by atoms with Gasteiger partial charge in [0.05, 0.1) is 11.1 Å². The molecule has 0 unspecified atom stereocenters. The Morgan fingerprint density at radius 3 is 2.16 bits per heavy atom. The van der Waals surface area contributed by atoms with Crippen molar-refractivity contribution in [3.63, 3.8) is 0 Å². The van der Waals surface area contributed by atoms with E-state index >= 15 is 0 Å².